The Kier molecular flexibility index (Phi) is 5.17. The van der Waals surface area contributed by atoms with Gasteiger partial charge < -0.3 is 19.1 Å². The quantitative estimate of drug-likeness (QED) is 0.711. The first-order chi connectivity index (χ1) is 13.6. The number of nitrogens with zero attached hydrogens (tertiary/aromatic N) is 5. The summed E-state index contributed by atoms with van der Waals surface area (Å²) < 4.78 is 4.11. The molecule has 2 heterocycles. The van der Waals surface area contributed by atoms with Crippen molar-refractivity contribution in [2.24, 2.45) is 0 Å². The van der Waals surface area contributed by atoms with E-state index in [1.165, 1.54) is 0 Å². The number of likely N-dealkylation sites (N-methyl/N-ethyl adjacent to an activating group) is 1. The first kappa shape index (κ1) is 18.7. The van der Waals surface area contributed by atoms with E-state index in [2.05, 4.69) is 22.5 Å². The second-order valence-electron chi connectivity index (χ2n) is 7.48. The minimum absolute atomic E-state index is 0.0213. The Balaban J connectivity index is 1.41. The number of imidazole rings is 2. The number of aliphatic hydroxyl groups excluding tert-OH is 1. The molecule has 7 heteroatoms. The van der Waals surface area contributed by atoms with E-state index in [1.807, 2.05) is 29.0 Å². The fourth-order valence-electron chi connectivity index (χ4n) is 4.40. The molecular formula is C21H27N5O2. The van der Waals surface area contributed by atoms with E-state index in [1.54, 1.807) is 24.5 Å². The van der Waals surface area contributed by atoms with Gasteiger partial charge in [-0.05, 0) is 31.9 Å². The average molecular weight is 381 g/mol. The summed E-state index contributed by atoms with van der Waals surface area (Å²) >= 11 is 0. The SMILES string of the molecule is CCn1c(CCC(=O)N(C)[C@@H]2CC[C@@H](n3ccnc3)[C@@H]2O)nc2ccccc21. The predicted molar refractivity (Wildman–Crippen MR) is 107 cm³/mol. The van der Waals surface area contributed by atoms with Crippen LogP contribution in [-0.2, 0) is 17.8 Å². The molecule has 28 heavy (non-hydrogen) atoms. The van der Waals surface area contributed by atoms with Gasteiger partial charge in [0, 0.05) is 38.8 Å². The Hall–Kier alpha value is -2.67. The van der Waals surface area contributed by atoms with Gasteiger partial charge >= 0.3 is 0 Å². The molecule has 3 aromatic rings. The highest BCUT2D eigenvalue weighted by Gasteiger charge is 2.39. The number of aliphatic hydroxyl groups is 1. The topological polar surface area (TPSA) is 76.2 Å². The van der Waals surface area contributed by atoms with Crippen LogP contribution >= 0.6 is 0 Å². The summed E-state index contributed by atoms with van der Waals surface area (Å²) in [5.41, 5.74) is 2.07. The molecule has 0 bridgehead atoms. The van der Waals surface area contributed by atoms with Crippen LogP contribution < -0.4 is 0 Å². The molecule has 0 radical (unpaired) electrons. The van der Waals surface area contributed by atoms with E-state index in [-0.39, 0.29) is 18.0 Å². The molecule has 2 aromatic heterocycles. The average Bonchev–Trinajstić information content (AvgIpc) is 3.43. The molecule has 7 nitrogen and oxygen atoms in total. The van der Waals surface area contributed by atoms with E-state index in [0.717, 1.165) is 36.2 Å². The van der Waals surface area contributed by atoms with Gasteiger partial charge in [0.05, 0.1) is 35.5 Å². The van der Waals surface area contributed by atoms with E-state index in [9.17, 15) is 9.90 Å². The first-order valence-corrected chi connectivity index (χ1v) is 9.95. The Morgan fingerprint density at radius 2 is 2.14 bits per heavy atom. The third-order valence-corrected chi connectivity index (χ3v) is 5.96. The largest absolute Gasteiger partial charge is 0.389 e. The summed E-state index contributed by atoms with van der Waals surface area (Å²) in [4.78, 5) is 23.3. The van der Waals surface area contributed by atoms with Gasteiger partial charge in [0.1, 0.15) is 5.82 Å². The van der Waals surface area contributed by atoms with Crippen molar-refractivity contribution in [1.82, 2.24) is 24.0 Å². The molecule has 1 aliphatic rings. The Labute approximate surface area is 164 Å². The normalized spacial score (nSPS) is 22.0. The number of aryl methyl sites for hydroxylation is 2. The number of fused-ring (bicyclic) bond motifs is 1. The van der Waals surface area contributed by atoms with Gasteiger partial charge in [-0.15, -0.1) is 0 Å². The van der Waals surface area contributed by atoms with Crippen molar-refractivity contribution in [2.75, 3.05) is 7.05 Å². The third kappa shape index (κ3) is 3.30. The molecule has 0 saturated heterocycles. The van der Waals surface area contributed by atoms with Crippen LogP contribution in [0.1, 0.15) is 38.1 Å². The van der Waals surface area contributed by atoms with Crippen LogP contribution in [0.3, 0.4) is 0 Å². The number of carbonyl (C=O) groups is 1. The van der Waals surface area contributed by atoms with Crippen molar-refractivity contribution >= 4 is 16.9 Å². The summed E-state index contributed by atoms with van der Waals surface area (Å²) in [7, 11) is 1.80. The van der Waals surface area contributed by atoms with Gasteiger partial charge in [0.15, 0.2) is 0 Å². The molecule has 3 atom stereocenters. The lowest BCUT2D eigenvalue weighted by atomic mass is 10.1. The lowest BCUT2D eigenvalue weighted by Gasteiger charge is -2.29. The van der Waals surface area contributed by atoms with Gasteiger partial charge in [-0.2, -0.15) is 0 Å². The molecule has 1 amide bonds. The Bertz CT molecular complexity index is 949. The van der Waals surface area contributed by atoms with Crippen LogP contribution in [0, 0.1) is 0 Å². The zero-order valence-corrected chi connectivity index (χ0v) is 16.4. The molecule has 1 N–H and O–H groups in total. The van der Waals surface area contributed by atoms with Gasteiger partial charge in [0.2, 0.25) is 5.91 Å². The number of aromatic nitrogens is 4. The van der Waals surface area contributed by atoms with Crippen molar-refractivity contribution in [1.29, 1.82) is 0 Å². The highest BCUT2D eigenvalue weighted by molar-refractivity contribution is 5.78. The van der Waals surface area contributed by atoms with E-state index in [4.69, 9.17) is 4.98 Å². The van der Waals surface area contributed by atoms with Crippen LogP contribution in [0.2, 0.25) is 0 Å². The van der Waals surface area contributed by atoms with Crippen LogP contribution in [0.25, 0.3) is 11.0 Å². The summed E-state index contributed by atoms with van der Waals surface area (Å²) in [6.07, 6.45) is 7.35. The van der Waals surface area contributed by atoms with Crippen LogP contribution in [0.15, 0.2) is 43.0 Å². The second kappa shape index (κ2) is 7.75. The maximum Gasteiger partial charge on any atom is 0.223 e. The first-order valence-electron chi connectivity index (χ1n) is 9.95. The van der Waals surface area contributed by atoms with Crippen molar-refractivity contribution in [3.63, 3.8) is 0 Å². The molecule has 148 valence electrons. The Morgan fingerprint density at radius 3 is 2.89 bits per heavy atom. The fraction of sp³-hybridized carbons (Fsp3) is 0.476. The monoisotopic (exact) mass is 381 g/mol. The molecule has 1 aliphatic carbocycles. The Morgan fingerprint density at radius 1 is 1.32 bits per heavy atom. The minimum atomic E-state index is -0.580. The van der Waals surface area contributed by atoms with Crippen LogP contribution in [0.5, 0.6) is 0 Å². The van der Waals surface area contributed by atoms with Gasteiger partial charge in [-0.3, -0.25) is 4.79 Å². The lowest BCUT2D eigenvalue weighted by molar-refractivity contribution is -0.133. The smallest absolute Gasteiger partial charge is 0.223 e. The van der Waals surface area contributed by atoms with Gasteiger partial charge in [0.25, 0.3) is 0 Å². The molecule has 1 saturated carbocycles. The van der Waals surface area contributed by atoms with Gasteiger partial charge in [-0.25, -0.2) is 9.97 Å². The molecular weight excluding hydrogens is 354 g/mol. The van der Waals surface area contributed by atoms with Crippen LogP contribution in [0.4, 0.5) is 0 Å². The summed E-state index contributed by atoms with van der Waals surface area (Å²) in [5.74, 6) is 0.985. The third-order valence-electron chi connectivity index (χ3n) is 5.96. The molecule has 0 unspecified atom stereocenters. The molecule has 4 rings (SSSR count). The lowest BCUT2D eigenvalue weighted by Crippen LogP contribution is -2.43. The highest BCUT2D eigenvalue weighted by atomic mass is 16.3. The summed E-state index contributed by atoms with van der Waals surface area (Å²) in [6, 6.07) is 7.88. The number of hydrogen-bond acceptors (Lipinski definition) is 4. The maximum atomic E-state index is 12.8. The number of carbonyl (C=O) groups excluding carboxylic acids is 1. The number of benzene rings is 1. The predicted octanol–water partition coefficient (Wildman–Crippen LogP) is 2.41. The standard InChI is InChI=1S/C21H27N5O2/c1-3-26-16-7-5-4-6-15(16)23-19(26)10-11-20(27)24(2)17-8-9-18(21(17)28)25-13-12-22-14-25/h4-7,12-14,17-18,21,28H,3,8-11H2,1-2H3/t17-,18-,21-/m1/s1. The summed E-state index contributed by atoms with van der Waals surface area (Å²) in [6.45, 7) is 2.92. The maximum absolute atomic E-state index is 12.8. The number of para-hydroxylation sites is 2. The number of hydrogen-bond donors (Lipinski definition) is 1. The molecule has 0 aliphatic heterocycles. The number of amides is 1. The molecule has 0 spiro atoms. The zero-order valence-electron chi connectivity index (χ0n) is 16.4. The second-order valence-corrected chi connectivity index (χ2v) is 7.48. The fourth-order valence-corrected chi connectivity index (χ4v) is 4.40. The highest BCUT2D eigenvalue weighted by Crippen LogP contribution is 2.33. The van der Waals surface area contributed by atoms with Crippen molar-refractivity contribution in [3.05, 3.63) is 48.8 Å². The van der Waals surface area contributed by atoms with E-state index < -0.39 is 6.10 Å². The van der Waals surface area contributed by atoms with Crippen molar-refractivity contribution < 1.29 is 9.90 Å². The van der Waals surface area contributed by atoms with Crippen molar-refractivity contribution in [3.8, 4) is 0 Å². The van der Waals surface area contributed by atoms with Gasteiger partial charge in [-0.1, -0.05) is 12.1 Å². The molecule has 1 aromatic carbocycles. The van der Waals surface area contributed by atoms with Crippen LogP contribution in [-0.4, -0.2) is 54.2 Å². The van der Waals surface area contributed by atoms with Crippen molar-refractivity contribution in [2.45, 2.75) is 57.3 Å². The zero-order chi connectivity index (χ0) is 19.7. The summed E-state index contributed by atoms with van der Waals surface area (Å²) in [5, 5.41) is 10.7. The minimum Gasteiger partial charge on any atom is -0.389 e. The van der Waals surface area contributed by atoms with E-state index in [0.29, 0.717) is 12.8 Å². The van der Waals surface area contributed by atoms with E-state index >= 15 is 0 Å². The number of rotatable bonds is 6. The molecule has 1 fully saturated rings.